The first-order valence-corrected chi connectivity index (χ1v) is 10.5. The number of carbonyl (C=O) groups is 2. The van der Waals surface area contributed by atoms with E-state index >= 15 is 0 Å². The molecule has 1 N–H and O–H groups in total. The second-order valence-electron chi connectivity index (χ2n) is 8.11. The van der Waals surface area contributed by atoms with Gasteiger partial charge in [0.25, 0.3) is 0 Å². The molecule has 4 atom stereocenters. The van der Waals surface area contributed by atoms with Gasteiger partial charge in [0.15, 0.2) is 0 Å². The normalized spacial score (nSPS) is 24.5. The topological polar surface area (TPSA) is 83.9 Å². The minimum atomic E-state index is -0.568. The molecule has 160 valence electrons. The molecule has 2 aliphatic rings. The van der Waals surface area contributed by atoms with E-state index in [0.717, 1.165) is 11.1 Å². The summed E-state index contributed by atoms with van der Waals surface area (Å²) in [4.78, 5) is 28.6. The number of carbonyl (C=O) groups excluding carboxylic acids is 2. The van der Waals surface area contributed by atoms with Crippen LogP contribution in [-0.2, 0) is 9.59 Å². The number of rotatable bonds is 4. The largest absolute Gasteiger partial charge is 0.733 e. The molecule has 3 aromatic rings. The number of imide groups is 1. The summed E-state index contributed by atoms with van der Waals surface area (Å²) in [7, 11) is 0. The minimum absolute atomic E-state index is 0.0460. The van der Waals surface area contributed by atoms with Crippen molar-refractivity contribution in [3.05, 3.63) is 113 Å². The van der Waals surface area contributed by atoms with E-state index in [-0.39, 0.29) is 40.3 Å². The van der Waals surface area contributed by atoms with Crippen LogP contribution in [0.5, 0.6) is 0 Å². The summed E-state index contributed by atoms with van der Waals surface area (Å²) >= 11 is 0. The van der Waals surface area contributed by atoms with E-state index in [1.54, 1.807) is 6.07 Å². The van der Waals surface area contributed by atoms with Crippen molar-refractivity contribution in [2.75, 3.05) is 10.1 Å². The Bertz CT molecular complexity index is 1110. The van der Waals surface area contributed by atoms with E-state index in [9.17, 15) is 20.0 Å². The fourth-order valence-electron chi connectivity index (χ4n) is 4.94. The average molecular weight is 425 g/mol. The average Bonchev–Trinajstić information content (AvgIpc) is 3.10. The van der Waals surface area contributed by atoms with Crippen molar-refractivity contribution in [1.29, 1.82) is 0 Å². The molecular weight excluding hydrogens is 404 g/mol. The Hall–Kier alpha value is -3.74. The Labute approximate surface area is 185 Å². The number of fused-ring (bicyclic) bond motifs is 1. The third-order valence-electron chi connectivity index (χ3n) is 6.38. The minimum Gasteiger partial charge on any atom is -0.733 e. The summed E-state index contributed by atoms with van der Waals surface area (Å²) in [6.07, 6.45) is 4.07. The highest BCUT2D eigenvalue weighted by Gasteiger charge is 2.55. The van der Waals surface area contributed by atoms with Gasteiger partial charge < -0.3 is 10.4 Å². The molecule has 0 bridgehead atoms. The third kappa shape index (κ3) is 3.30. The first-order chi connectivity index (χ1) is 15.6. The standard InChI is InChI=1S/C26H21N2O4/c29-25-23-21(17-8-3-1-4-9-17)14-15-22(18-10-5-2-6-11-18)24(23)26(30)27(25)19-12-7-13-20(16-19)28(31)32/h1-16,21-24,31H/q-1/t21-,22-,23-,24+/m0/s1. The molecule has 2 amide bonds. The van der Waals surface area contributed by atoms with E-state index in [4.69, 9.17) is 0 Å². The molecule has 1 saturated heterocycles. The van der Waals surface area contributed by atoms with Gasteiger partial charge in [-0.1, -0.05) is 78.9 Å². The van der Waals surface area contributed by atoms with E-state index in [1.165, 1.54) is 23.1 Å². The Kier molecular flexibility index (Phi) is 5.09. The maximum absolute atomic E-state index is 13.7. The molecule has 32 heavy (non-hydrogen) atoms. The molecule has 5 rings (SSSR count). The molecule has 3 aromatic carbocycles. The molecule has 0 unspecified atom stereocenters. The molecule has 0 spiro atoms. The number of anilines is 2. The van der Waals surface area contributed by atoms with Crippen LogP contribution in [0.15, 0.2) is 97.1 Å². The SMILES string of the molecule is O=C1[C@@H]2[C@H](C(=O)N1c1cccc(N([O-])O)c1)[C@H](c1ccccc1)C=C[C@H]2c1ccccc1. The van der Waals surface area contributed by atoms with E-state index in [1.807, 2.05) is 72.8 Å². The van der Waals surface area contributed by atoms with Gasteiger partial charge in [0.05, 0.1) is 23.2 Å². The zero-order valence-electron chi connectivity index (χ0n) is 17.1. The van der Waals surface area contributed by atoms with Crippen LogP contribution in [0, 0.1) is 17.0 Å². The van der Waals surface area contributed by atoms with Gasteiger partial charge in [-0.2, -0.15) is 0 Å². The highest BCUT2D eigenvalue weighted by atomic mass is 16.8. The first-order valence-electron chi connectivity index (χ1n) is 10.5. The van der Waals surface area contributed by atoms with Crippen LogP contribution >= 0.6 is 0 Å². The molecular formula is C26H21N2O4-. The van der Waals surface area contributed by atoms with E-state index in [0.29, 0.717) is 0 Å². The highest BCUT2D eigenvalue weighted by molar-refractivity contribution is 6.23. The van der Waals surface area contributed by atoms with Crippen molar-refractivity contribution in [3.63, 3.8) is 0 Å². The summed E-state index contributed by atoms with van der Waals surface area (Å²) in [5.41, 5.74) is 2.18. The van der Waals surface area contributed by atoms with Gasteiger partial charge in [-0.05, 0) is 29.3 Å². The van der Waals surface area contributed by atoms with Gasteiger partial charge in [-0.25, -0.2) is 4.90 Å². The summed E-state index contributed by atoms with van der Waals surface area (Å²) in [5, 5.41) is 20.4. The molecule has 0 saturated carbocycles. The summed E-state index contributed by atoms with van der Waals surface area (Å²) in [6.45, 7) is 0. The zero-order valence-corrected chi connectivity index (χ0v) is 17.1. The number of hydrogen-bond donors (Lipinski definition) is 1. The zero-order chi connectivity index (χ0) is 22.2. The lowest BCUT2D eigenvalue weighted by molar-refractivity contribution is -0.122. The van der Waals surface area contributed by atoms with Gasteiger partial charge in [0, 0.05) is 11.8 Å². The Morgan fingerprint density at radius 3 is 1.69 bits per heavy atom. The molecule has 0 aromatic heterocycles. The van der Waals surface area contributed by atoms with E-state index < -0.39 is 11.8 Å². The number of allylic oxidation sites excluding steroid dienone is 2. The Morgan fingerprint density at radius 1 is 0.719 bits per heavy atom. The first kappa shape index (κ1) is 20.2. The number of amides is 2. The van der Waals surface area contributed by atoms with Crippen molar-refractivity contribution >= 4 is 23.2 Å². The van der Waals surface area contributed by atoms with Crippen molar-refractivity contribution < 1.29 is 14.8 Å². The summed E-state index contributed by atoms with van der Waals surface area (Å²) < 4.78 is 0. The molecule has 0 radical (unpaired) electrons. The van der Waals surface area contributed by atoms with Crippen LogP contribution in [0.2, 0.25) is 0 Å². The lowest BCUT2D eigenvalue weighted by Gasteiger charge is -2.32. The molecule has 1 heterocycles. The number of benzene rings is 3. The fourth-order valence-corrected chi connectivity index (χ4v) is 4.94. The molecule has 1 aliphatic carbocycles. The number of nitrogens with zero attached hydrogens (tertiary/aromatic N) is 2. The quantitative estimate of drug-likeness (QED) is 0.375. The van der Waals surface area contributed by atoms with Gasteiger partial charge in [-0.3, -0.25) is 14.8 Å². The predicted molar refractivity (Wildman–Crippen MR) is 121 cm³/mol. The van der Waals surface area contributed by atoms with Crippen molar-refractivity contribution in [3.8, 4) is 0 Å². The summed E-state index contributed by atoms with van der Waals surface area (Å²) in [6, 6.07) is 25.3. The maximum Gasteiger partial charge on any atom is 0.238 e. The smallest absolute Gasteiger partial charge is 0.238 e. The van der Waals surface area contributed by atoms with Crippen LogP contribution in [0.25, 0.3) is 0 Å². The van der Waals surface area contributed by atoms with Crippen LogP contribution < -0.4 is 10.1 Å². The summed E-state index contributed by atoms with van der Waals surface area (Å²) in [5.74, 6) is -2.21. The maximum atomic E-state index is 13.7. The lowest BCUT2D eigenvalue weighted by Crippen LogP contribution is -2.31. The van der Waals surface area contributed by atoms with E-state index in [2.05, 4.69) is 0 Å². The van der Waals surface area contributed by atoms with Crippen LogP contribution in [0.3, 0.4) is 0 Å². The van der Waals surface area contributed by atoms with Gasteiger partial charge in [-0.15, -0.1) is 0 Å². The van der Waals surface area contributed by atoms with Crippen LogP contribution in [-0.4, -0.2) is 17.0 Å². The Morgan fingerprint density at radius 2 is 1.22 bits per heavy atom. The van der Waals surface area contributed by atoms with Crippen molar-refractivity contribution in [2.45, 2.75) is 11.8 Å². The molecule has 1 aliphatic heterocycles. The van der Waals surface area contributed by atoms with Crippen molar-refractivity contribution in [2.24, 2.45) is 11.8 Å². The van der Waals surface area contributed by atoms with Gasteiger partial charge in [0.1, 0.15) is 0 Å². The third-order valence-corrected chi connectivity index (χ3v) is 6.38. The molecule has 1 fully saturated rings. The van der Waals surface area contributed by atoms with Crippen LogP contribution in [0.4, 0.5) is 11.4 Å². The highest BCUT2D eigenvalue weighted by Crippen LogP contribution is 2.50. The predicted octanol–water partition coefficient (Wildman–Crippen LogP) is 4.62. The monoisotopic (exact) mass is 425 g/mol. The van der Waals surface area contributed by atoms with Crippen molar-refractivity contribution in [1.82, 2.24) is 0 Å². The molecule has 6 nitrogen and oxygen atoms in total. The van der Waals surface area contributed by atoms with Gasteiger partial charge in [0.2, 0.25) is 11.8 Å². The second kappa shape index (κ2) is 8.07. The Balaban J connectivity index is 1.62. The van der Waals surface area contributed by atoms with Crippen LogP contribution in [0.1, 0.15) is 23.0 Å². The lowest BCUT2D eigenvalue weighted by atomic mass is 9.68. The fraction of sp³-hybridized carbons (Fsp3) is 0.154. The number of hydrogen-bond acceptors (Lipinski definition) is 5. The van der Waals surface area contributed by atoms with Gasteiger partial charge >= 0.3 is 0 Å². The molecule has 6 heteroatoms. The second-order valence-corrected chi connectivity index (χ2v) is 8.11.